The van der Waals surface area contributed by atoms with Gasteiger partial charge in [0.2, 0.25) is 0 Å². The molecule has 1 fully saturated rings. The van der Waals surface area contributed by atoms with Crippen LogP contribution in [0, 0.1) is 11.3 Å². The molecular weight excluding hydrogens is 538 g/mol. The molecule has 218 valence electrons. The van der Waals surface area contributed by atoms with Crippen LogP contribution in [0.25, 0.3) is 33.6 Å². The van der Waals surface area contributed by atoms with Gasteiger partial charge in [-0.05, 0) is 48.4 Å². The van der Waals surface area contributed by atoms with Crippen molar-refractivity contribution in [2.75, 3.05) is 33.5 Å². The number of carbonyl (C=O) groups excluding carboxylic acids is 1. The fraction of sp³-hybridized carbons (Fsp3) is 0.344. The van der Waals surface area contributed by atoms with Gasteiger partial charge in [-0.3, -0.25) is 9.78 Å². The number of benzene rings is 2. The van der Waals surface area contributed by atoms with Gasteiger partial charge in [-0.15, -0.1) is 0 Å². The lowest BCUT2D eigenvalue weighted by molar-refractivity contribution is 0.0254. The lowest BCUT2D eigenvalue weighted by atomic mass is 9.97. The number of nitrogens with zero attached hydrogens (tertiary/aromatic N) is 2. The predicted molar refractivity (Wildman–Crippen MR) is 155 cm³/mol. The van der Waals surface area contributed by atoms with Gasteiger partial charge in [0.1, 0.15) is 34.9 Å². The molecule has 0 radical (unpaired) electrons. The molecule has 0 aliphatic carbocycles. The summed E-state index contributed by atoms with van der Waals surface area (Å²) in [7, 11) is 1.50. The fourth-order valence-corrected chi connectivity index (χ4v) is 4.95. The Balaban J connectivity index is 1.46. The molecule has 4 aromatic rings. The second-order valence-corrected chi connectivity index (χ2v) is 10.3. The number of hydrogen-bond acceptors (Lipinski definition) is 9. The van der Waals surface area contributed by atoms with Crippen LogP contribution in [0.4, 0.5) is 0 Å². The molecule has 0 atom stereocenters. The third-order valence-electron chi connectivity index (χ3n) is 7.67. The van der Waals surface area contributed by atoms with Crippen LogP contribution in [0.3, 0.4) is 0 Å². The van der Waals surface area contributed by atoms with Crippen molar-refractivity contribution in [3.63, 3.8) is 0 Å². The van der Waals surface area contributed by atoms with Gasteiger partial charge < -0.3 is 34.2 Å². The van der Waals surface area contributed by atoms with Gasteiger partial charge in [0.25, 0.3) is 5.91 Å². The largest absolute Gasteiger partial charge is 0.496 e. The number of aromatic nitrogens is 1. The standard InChI is InChI=1S/C32H33N3O7/c1-3-32(18-36,19-37)35-31(38)21-4-6-25(28(15-21)39-2)29-16-26-30(42-29)24(8-11-34-26)20-5-7-27(22(14-20)17-33)41-23-9-12-40-13-10-23/h4-8,11,14-16,23,36-37H,3,9-10,12-13,18-19H2,1-2H3,(H,35,38). The molecule has 10 nitrogen and oxygen atoms in total. The molecule has 0 unspecified atom stereocenters. The number of methoxy groups -OCH3 is 1. The van der Waals surface area contributed by atoms with Crippen LogP contribution in [0.5, 0.6) is 11.5 Å². The zero-order valence-electron chi connectivity index (χ0n) is 23.6. The minimum Gasteiger partial charge on any atom is -0.496 e. The van der Waals surface area contributed by atoms with Crippen molar-refractivity contribution >= 4 is 17.0 Å². The van der Waals surface area contributed by atoms with Gasteiger partial charge in [-0.1, -0.05) is 13.0 Å². The summed E-state index contributed by atoms with van der Waals surface area (Å²) in [6.07, 6.45) is 3.63. The second-order valence-electron chi connectivity index (χ2n) is 10.3. The Morgan fingerprint density at radius 2 is 1.88 bits per heavy atom. The molecule has 5 rings (SSSR count). The van der Waals surface area contributed by atoms with Gasteiger partial charge in [-0.2, -0.15) is 5.26 Å². The highest BCUT2D eigenvalue weighted by Crippen LogP contribution is 2.38. The molecule has 1 aliphatic rings. The summed E-state index contributed by atoms with van der Waals surface area (Å²) in [5.74, 6) is 0.986. The number of amides is 1. The summed E-state index contributed by atoms with van der Waals surface area (Å²) < 4.78 is 23.4. The van der Waals surface area contributed by atoms with Crippen LogP contribution in [0.2, 0.25) is 0 Å². The number of pyridine rings is 1. The SMILES string of the molecule is CCC(CO)(CO)NC(=O)c1ccc(-c2cc3nccc(-c4ccc(OC5CCOCC5)c(C#N)c4)c3o2)c(OC)c1. The third-order valence-corrected chi connectivity index (χ3v) is 7.67. The average molecular weight is 572 g/mol. The highest BCUT2D eigenvalue weighted by Gasteiger charge is 2.29. The Morgan fingerprint density at radius 1 is 1.10 bits per heavy atom. The second kappa shape index (κ2) is 12.6. The fourth-order valence-electron chi connectivity index (χ4n) is 4.95. The van der Waals surface area contributed by atoms with E-state index in [0.29, 0.717) is 64.7 Å². The minimum atomic E-state index is -1.12. The van der Waals surface area contributed by atoms with Crippen LogP contribution in [0.1, 0.15) is 42.1 Å². The van der Waals surface area contributed by atoms with Gasteiger partial charge in [-0.25, -0.2) is 0 Å². The summed E-state index contributed by atoms with van der Waals surface area (Å²) in [6.45, 7) is 2.28. The van der Waals surface area contributed by atoms with Crippen molar-refractivity contribution in [3.05, 3.63) is 65.9 Å². The number of hydrogen-bond donors (Lipinski definition) is 3. The number of aliphatic hydroxyl groups excluding tert-OH is 2. The van der Waals surface area contributed by atoms with Crippen molar-refractivity contribution in [2.45, 2.75) is 37.8 Å². The molecule has 2 aromatic heterocycles. The van der Waals surface area contributed by atoms with E-state index in [9.17, 15) is 20.3 Å². The number of aliphatic hydroxyl groups is 2. The number of furan rings is 1. The maximum atomic E-state index is 12.9. The van der Waals surface area contributed by atoms with Crippen molar-refractivity contribution in [1.29, 1.82) is 5.26 Å². The Labute approximate surface area is 243 Å². The first-order valence-electron chi connectivity index (χ1n) is 13.8. The van der Waals surface area contributed by atoms with Gasteiger partial charge in [0.05, 0.1) is 50.2 Å². The van der Waals surface area contributed by atoms with E-state index in [-0.39, 0.29) is 6.10 Å². The number of nitriles is 1. The van der Waals surface area contributed by atoms with E-state index < -0.39 is 24.7 Å². The van der Waals surface area contributed by atoms with Gasteiger partial charge in [0.15, 0.2) is 5.58 Å². The molecule has 3 heterocycles. The topological polar surface area (TPSA) is 147 Å². The van der Waals surface area contributed by atoms with Crippen LogP contribution >= 0.6 is 0 Å². The predicted octanol–water partition coefficient (Wildman–Crippen LogP) is 4.46. The first kappa shape index (κ1) is 29.1. The number of ether oxygens (including phenoxy) is 3. The summed E-state index contributed by atoms with van der Waals surface area (Å²) in [5, 5.41) is 32.0. The molecule has 1 aliphatic heterocycles. The van der Waals surface area contributed by atoms with Crippen molar-refractivity contribution < 1.29 is 33.6 Å². The summed E-state index contributed by atoms with van der Waals surface area (Å²) >= 11 is 0. The maximum Gasteiger partial charge on any atom is 0.252 e. The quantitative estimate of drug-likeness (QED) is 0.251. The van der Waals surface area contributed by atoms with Crippen molar-refractivity contribution in [1.82, 2.24) is 10.3 Å². The lowest BCUT2D eigenvalue weighted by Crippen LogP contribution is -2.53. The molecule has 0 spiro atoms. The third kappa shape index (κ3) is 5.81. The van der Waals surface area contributed by atoms with Crippen molar-refractivity contribution in [3.8, 4) is 40.0 Å². The number of nitrogens with one attached hydrogen (secondary N) is 1. The Bertz CT molecular complexity index is 1610. The van der Waals surface area contributed by atoms with E-state index in [2.05, 4.69) is 16.4 Å². The highest BCUT2D eigenvalue weighted by molar-refractivity contribution is 5.97. The van der Waals surface area contributed by atoms with E-state index in [0.717, 1.165) is 24.0 Å². The number of fused-ring (bicyclic) bond motifs is 1. The maximum absolute atomic E-state index is 12.9. The van der Waals surface area contributed by atoms with Gasteiger partial charge in [0, 0.05) is 36.2 Å². The smallest absolute Gasteiger partial charge is 0.252 e. The molecule has 2 aromatic carbocycles. The van der Waals surface area contributed by atoms with Crippen LogP contribution < -0.4 is 14.8 Å². The molecule has 0 saturated carbocycles. The first-order chi connectivity index (χ1) is 20.4. The zero-order chi connectivity index (χ0) is 29.7. The molecule has 3 N–H and O–H groups in total. The Kier molecular flexibility index (Phi) is 8.73. The molecule has 1 amide bonds. The van der Waals surface area contributed by atoms with Crippen LogP contribution in [-0.4, -0.2) is 66.3 Å². The summed E-state index contributed by atoms with van der Waals surface area (Å²) in [6, 6.07) is 16.3. The van der Waals surface area contributed by atoms with E-state index in [4.69, 9.17) is 18.6 Å². The Hall–Kier alpha value is -4.43. The summed E-state index contributed by atoms with van der Waals surface area (Å²) in [4.78, 5) is 17.4. The molecule has 10 heteroatoms. The molecule has 0 bridgehead atoms. The summed E-state index contributed by atoms with van der Waals surface area (Å²) in [5.41, 5.74) is 2.93. The highest BCUT2D eigenvalue weighted by atomic mass is 16.5. The number of carbonyl (C=O) groups is 1. The normalized spacial score (nSPS) is 14.0. The van der Waals surface area contributed by atoms with Crippen LogP contribution in [0.15, 0.2) is 59.1 Å². The van der Waals surface area contributed by atoms with Crippen LogP contribution in [-0.2, 0) is 4.74 Å². The minimum absolute atomic E-state index is 0.0166. The number of rotatable bonds is 10. The zero-order valence-corrected chi connectivity index (χ0v) is 23.6. The molecular formula is C32H33N3O7. The first-order valence-corrected chi connectivity index (χ1v) is 13.8. The van der Waals surface area contributed by atoms with E-state index in [1.54, 1.807) is 43.5 Å². The average Bonchev–Trinajstić information content (AvgIpc) is 3.48. The monoisotopic (exact) mass is 571 g/mol. The van der Waals surface area contributed by atoms with E-state index in [1.807, 2.05) is 18.2 Å². The molecule has 42 heavy (non-hydrogen) atoms. The Morgan fingerprint density at radius 3 is 2.57 bits per heavy atom. The van der Waals surface area contributed by atoms with E-state index >= 15 is 0 Å². The molecule has 1 saturated heterocycles. The van der Waals surface area contributed by atoms with E-state index in [1.165, 1.54) is 7.11 Å². The lowest BCUT2D eigenvalue weighted by Gasteiger charge is -2.29. The van der Waals surface area contributed by atoms with Crippen molar-refractivity contribution in [2.24, 2.45) is 0 Å². The van der Waals surface area contributed by atoms with Gasteiger partial charge >= 0.3 is 0 Å².